The molecule has 3 heterocycles. The van der Waals surface area contributed by atoms with Crippen molar-refractivity contribution in [2.45, 2.75) is 45.3 Å². The zero-order valence-electron chi connectivity index (χ0n) is 24.3. The SMILES string of the molecule is CC(C)(C)[Si](C)(C)OCCC#CC(=O)Nc1ccc2ncnc(Nc3ccc(Oc4ccn5ncnc5c4)cc3)c2c1. The Morgan fingerprint density at radius 3 is 2.52 bits per heavy atom. The number of amides is 1. The Kier molecular flexibility index (Phi) is 8.19. The molecule has 10 nitrogen and oxygen atoms in total. The Bertz CT molecular complexity index is 1780. The molecule has 42 heavy (non-hydrogen) atoms. The summed E-state index contributed by atoms with van der Waals surface area (Å²) in [6, 6.07) is 16.6. The van der Waals surface area contributed by atoms with Gasteiger partial charge >= 0.3 is 0 Å². The molecule has 0 unspecified atom stereocenters. The van der Waals surface area contributed by atoms with E-state index in [2.05, 4.69) is 76.4 Å². The third kappa shape index (κ3) is 6.91. The largest absolute Gasteiger partial charge is 0.457 e. The number of ether oxygens (including phenoxy) is 1. The number of anilines is 3. The molecule has 0 spiro atoms. The molecule has 3 aromatic heterocycles. The predicted molar refractivity (Wildman–Crippen MR) is 166 cm³/mol. The van der Waals surface area contributed by atoms with Gasteiger partial charge in [0, 0.05) is 42.1 Å². The highest BCUT2D eigenvalue weighted by atomic mass is 28.4. The molecule has 0 bridgehead atoms. The Labute approximate surface area is 245 Å². The average molecular weight is 580 g/mol. The van der Waals surface area contributed by atoms with Crippen molar-refractivity contribution in [3.05, 3.63) is 73.4 Å². The number of carbonyl (C=O) groups is 1. The monoisotopic (exact) mass is 579 g/mol. The zero-order chi connectivity index (χ0) is 29.7. The lowest BCUT2D eigenvalue weighted by Gasteiger charge is -2.35. The van der Waals surface area contributed by atoms with E-state index in [1.165, 1.54) is 12.7 Å². The fraction of sp³-hybridized carbons (Fsp3) is 0.258. The summed E-state index contributed by atoms with van der Waals surface area (Å²) in [4.78, 5) is 25.4. The summed E-state index contributed by atoms with van der Waals surface area (Å²) in [6.07, 6.45) is 5.29. The Morgan fingerprint density at radius 2 is 1.74 bits per heavy atom. The lowest BCUT2D eigenvalue weighted by Crippen LogP contribution is -2.40. The maximum atomic E-state index is 12.5. The Hall–Kier alpha value is -4.79. The first-order valence-electron chi connectivity index (χ1n) is 13.6. The van der Waals surface area contributed by atoms with Crippen molar-refractivity contribution in [2.24, 2.45) is 0 Å². The number of hydrogen-bond acceptors (Lipinski definition) is 8. The Balaban J connectivity index is 1.21. The van der Waals surface area contributed by atoms with Gasteiger partial charge in [-0.1, -0.05) is 26.7 Å². The number of fused-ring (bicyclic) bond motifs is 2. The molecule has 214 valence electrons. The highest BCUT2D eigenvalue weighted by Crippen LogP contribution is 2.36. The van der Waals surface area contributed by atoms with Gasteiger partial charge in [0.1, 0.15) is 30.0 Å². The molecule has 2 N–H and O–H groups in total. The fourth-order valence-corrected chi connectivity index (χ4v) is 4.90. The number of nitrogens with one attached hydrogen (secondary N) is 2. The molecular weight excluding hydrogens is 546 g/mol. The van der Waals surface area contributed by atoms with Crippen LogP contribution in [0.4, 0.5) is 17.2 Å². The molecule has 0 aliphatic carbocycles. The van der Waals surface area contributed by atoms with E-state index >= 15 is 0 Å². The molecule has 0 saturated carbocycles. The third-order valence-corrected chi connectivity index (χ3v) is 11.7. The molecular formula is C31H33N7O3Si. The van der Waals surface area contributed by atoms with Crippen LogP contribution in [0.2, 0.25) is 18.1 Å². The predicted octanol–water partition coefficient (Wildman–Crippen LogP) is 6.56. The van der Waals surface area contributed by atoms with E-state index in [1.54, 1.807) is 16.8 Å². The molecule has 5 rings (SSSR count). The van der Waals surface area contributed by atoms with Gasteiger partial charge < -0.3 is 19.8 Å². The van der Waals surface area contributed by atoms with Crippen molar-refractivity contribution < 1.29 is 14.0 Å². The fourth-order valence-electron chi connectivity index (χ4n) is 3.85. The first-order chi connectivity index (χ1) is 20.1. The van der Waals surface area contributed by atoms with Gasteiger partial charge in [0.25, 0.3) is 5.91 Å². The molecule has 0 atom stereocenters. The van der Waals surface area contributed by atoms with E-state index in [-0.39, 0.29) is 10.9 Å². The summed E-state index contributed by atoms with van der Waals surface area (Å²) >= 11 is 0. The van der Waals surface area contributed by atoms with Crippen LogP contribution in [-0.4, -0.2) is 45.4 Å². The topological polar surface area (TPSA) is 116 Å². The van der Waals surface area contributed by atoms with Crippen LogP contribution in [0.25, 0.3) is 16.6 Å². The summed E-state index contributed by atoms with van der Waals surface area (Å²) in [5.41, 5.74) is 2.86. The van der Waals surface area contributed by atoms with Gasteiger partial charge in [0.2, 0.25) is 0 Å². The van der Waals surface area contributed by atoms with Crippen LogP contribution in [0.5, 0.6) is 11.5 Å². The number of carbonyl (C=O) groups excluding carboxylic acids is 1. The second-order valence-electron chi connectivity index (χ2n) is 11.2. The van der Waals surface area contributed by atoms with Crippen molar-refractivity contribution in [3.63, 3.8) is 0 Å². The molecule has 0 fully saturated rings. The number of nitrogens with zero attached hydrogens (tertiary/aromatic N) is 5. The summed E-state index contributed by atoms with van der Waals surface area (Å²) in [6.45, 7) is 11.5. The van der Waals surface area contributed by atoms with E-state index in [1.807, 2.05) is 48.5 Å². The van der Waals surface area contributed by atoms with E-state index in [9.17, 15) is 4.79 Å². The Morgan fingerprint density at radius 1 is 0.952 bits per heavy atom. The van der Waals surface area contributed by atoms with Crippen LogP contribution < -0.4 is 15.4 Å². The minimum atomic E-state index is -1.83. The molecule has 11 heteroatoms. The van der Waals surface area contributed by atoms with E-state index in [0.717, 1.165) is 16.6 Å². The minimum absolute atomic E-state index is 0.137. The number of rotatable bonds is 8. The molecule has 5 aromatic rings. The van der Waals surface area contributed by atoms with Gasteiger partial charge in [0.15, 0.2) is 14.0 Å². The second-order valence-corrected chi connectivity index (χ2v) is 16.1. The summed E-state index contributed by atoms with van der Waals surface area (Å²) in [5, 5.41) is 11.2. The van der Waals surface area contributed by atoms with Gasteiger partial charge in [-0.3, -0.25) is 4.79 Å². The summed E-state index contributed by atoms with van der Waals surface area (Å²) in [5.74, 6) is 7.14. The highest BCUT2D eigenvalue weighted by Gasteiger charge is 2.36. The average Bonchev–Trinajstić information content (AvgIpc) is 3.42. The minimum Gasteiger partial charge on any atom is -0.457 e. The standard InChI is InChI=1S/C31H33N7O3Si/c1-31(2,3)42(4,5)40-17-7-6-8-29(39)36-23-11-14-27-26(18-23)30(34-20-32-27)37-22-9-12-24(13-10-22)41-25-15-16-38-28(19-25)33-21-35-38/h9-16,18-21H,7,17H2,1-5H3,(H,36,39)(H,32,34,37). The normalized spacial score (nSPS) is 11.6. The van der Waals surface area contributed by atoms with Crippen molar-refractivity contribution >= 4 is 48.0 Å². The number of pyridine rings is 1. The van der Waals surface area contributed by atoms with Crippen LogP contribution >= 0.6 is 0 Å². The molecule has 0 radical (unpaired) electrons. The maximum absolute atomic E-state index is 12.5. The first-order valence-corrected chi connectivity index (χ1v) is 16.5. The van der Waals surface area contributed by atoms with Gasteiger partial charge in [-0.2, -0.15) is 5.10 Å². The molecule has 0 aliphatic heterocycles. The van der Waals surface area contributed by atoms with Gasteiger partial charge in [-0.25, -0.2) is 19.5 Å². The van der Waals surface area contributed by atoms with Crippen LogP contribution in [0.3, 0.4) is 0 Å². The highest BCUT2D eigenvalue weighted by molar-refractivity contribution is 6.74. The van der Waals surface area contributed by atoms with Crippen LogP contribution in [0.1, 0.15) is 27.2 Å². The number of benzene rings is 2. The molecule has 2 aromatic carbocycles. The van der Waals surface area contributed by atoms with Gasteiger partial charge in [-0.05, 0) is 72.6 Å². The summed E-state index contributed by atoms with van der Waals surface area (Å²) < 4.78 is 13.8. The lowest BCUT2D eigenvalue weighted by molar-refractivity contribution is -0.111. The first kappa shape index (κ1) is 28.7. The van der Waals surface area contributed by atoms with Crippen molar-refractivity contribution in [1.82, 2.24) is 24.6 Å². The molecule has 1 amide bonds. The molecule has 0 saturated heterocycles. The van der Waals surface area contributed by atoms with Crippen LogP contribution in [-0.2, 0) is 9.22 Å². The van der Waals surface area contributed by atoms with Crippen molar-refractivity contribution in [1.29, 1.82) is 0 Å². The third-order valence-electron chi connectivity index (χ3n) is 7.20. The van der Waals surface area contributed by atoms with E-state index in [0.29, 0.717) is 41.7 Å². The number of aromatic nitrogens is 5. The van der Waals surface area contributed by atoms with E-state index < -0.39 is 8.32 Å². The summed E-state index contributed by atoms with van der Waals surface area (Å²) in [7, 11) is -1.83. The number of hydrogen-bond donors (Lipinski definition) is 2. The van der Waals surface area contributed by atoms with Gasteiger partial charge in [0.05, 0.1) is 5.52 Å². The molecule has 0 aliphatic rings. The van der Waals surface area contributed by atoms with Crippen LogP contribution in [0, 0.1) is 11.8 Å². The van der Waals surface area contributed by atoms with Crippen LogP contribution in [0.15, 0.2) is 73.4 Å². The second kappa shape index (κ2) is 12.0. The zero-order valence-corrected chi connectivity index (χ0v) is 25.3. The quantitative estimate of drug-likeness (QED) is 0.121. The smallest absolute Gasteiger partial charge is 0.300 e. The van der Waals surface area contributed by atoms with Gasteiger partial charge in [-0.15, -0.1) is 0 Å². The van der Waals surface area contributed by atoms with E-state index in [4.69, 9.17) is 9.16 Å². The van der Waals surface area contributed by atoms with Crippen molar-refractivity contribution in [2.75, 3.05) is 17.2 Å². The lowest BCUT2D eigenvalue weighted by atomic mass is 10.2. The maximum Gasteiger partial charge on any atom is 0.300 e. The van der Waals surface area contributed by atoms with Crippen molar-refractivity contribution in [3.8, 4) is 23.3 Å².